The van der Waals surface area contributed by atoms with Crippen LogP contribution in [0, 0.1) is 27.7 Å². The second kappa shape index (κ2) is 10.8. The normalized spacial score (nSPS) is 12.2. The van der Waals surface area contributed by atoms with Crippen LogP contribution >= 0.6 is 0 Å². The first-order valence-corrected chi connectivity index (χ1v) is 15.2. The standard InChI is InChI=1S/C38H41N5O/c1-24-26(3)42-34(38(8,9)33-20-29(18-19-39-33)37(5,6)7)22-32(23-35(42)40-24)44-31-17-13-16-30(21-31)43-27(4)36(25(2)41-43)28-14-11-10-12-15-28/h10-23H,1-9H3. The summed E-state index contributed by atoms with van der Waals surface area (Å²) in [5.74, 6) is 1.46. The van der Waals surface area contributed by atoms with E-state index in [2.05, 4.69) is 115 Å². The van der Waals surface area contributed by atoms with Crippen LogP contribution in [-0.4, -0.2) is 24.1 Å². The van der Waals surface area contributed by atoms with E-state index in [1.165, 1.54) is 5.56 Å². The lowest BCUT2D eigenvalue weighted by Crippen LogP contribution is -2.25. The predicted octanol–water partition coefficient (Wildman–Crippen LogP) is 9.23. The number of aryl methyl sites for hydroxylation is 3. The van der Waals surface area contributed by atoms with Gasteiger partial charge in [-0.2, -0.15) is 5.10 Å². The minimum Gasteiger partial charge on any atom is -0.457 e. The zero-order valence-electron chi connectivity index (χ0n) is 27.2. The summed E-state index contributed by atoms with van der Waals surface area (Å²) in [7, 11) is 0. The van der Waals surface area contributed by atoms with Gasteiger partial charge in [0.1, 0.15) is 17.1 Å². The summed E-state index contributed by atoms with van der Waals surface area (Å²) < 4.78 is 10.8. The highest BCUT2D eigenvalue weighted by atomic mass is 16.5. The quantitative estimate of drug-likeness (QED) is 0.196. The van der Waals surface area contributed by atoms with Gasteiger partial charge in [-0.3, -0.25) is 9.38 Å². The van der Waals surface area contributed by atoms with Crippen molar-refractivity contribution in [3.05, 3.63) is 125 Å². The molecule has 6 aromatic rings. The van der Waals surface area contributed by atoms with Crippen molar-refractivity contribution in [1.82, 2.24) is 24.1 Å². The summed E-state index contributed by atoms with van der Waals surface area (Å²) in [6.07, 6.45) is 1.93. The number of aromatic nitrogens is 5. The molecule has 4 aromatic heterocycles. The van der Waals surface area contributed by atoms with E-state index in [0.717, 1.165) is 68.1 Å². The Hall–Kier alpha value is -4.71. The average Bonchev–Trinajstić information content (AvgIpc) is 3.45. The smallest absolute Gasteiger partial charge is 0.141 e. The van der Waals surface area contributed by atoms with E-state index in [4.69, 9.17) is 19.8 Å². The average molecular weight is 584 g/mol. The van der Waals surface area contributed by atoms with Crippen molar-refractivity contribution < 1.29 is 4.74 Å². The van der Waals surface area contributed by atoms with Crippen LogP contribution in [0.15, 0.2) is 85.1 Å². The van der Waals surface area contributed by atoms with Gasteiger partial charge in [0.15, 0.2) is 0 Å². The summed E-state index contributed by atoms with van der Waals surface area (Å²) in [6, 6.07) is 27.0. The zero-order valence-corrected chi connectivity index (χ0v) is 27.2. The summed E-state index contributed by atoms with van der Waals surface area (Å²) in [5.41, 5.74) is 11.3. The van der Waals surface area contributed by atoms with Gasteiger partial charge in [-0.1, -0.05) is 57.2 Å². The van der Waals surface area contributed by atoms with Crippen LogP contribution in [0.2, 0.25) is 0 Å². The second-order valence-corrected chi connectivity index (χ2v) is 13.3. The van der Waals surface area contributed by atoms with Gasteiger partial charge in [-0.25, -0.2) is 9.67 Å². The Morgan fingerprint density at radius 2 is 1.45 bits per heavy atom. The van der Waals surface area contributed by atoms with Crippen LogP contribution in [0.25, 0.3) is 22.5 Å². The molecule has 224 valence electrons. The van der Waals surface area contributed by atoms with Crippen LogP contribution in [0.4, 0.5) is 0 Å². The molecule has 0 unspecified atom stereocenters. The van der Waals surface area contributed by atoms with Crippen molar-refractivity contribution in [2.45, 2.75) is 73.1 Å². The number of fused-ring (bicyclic) bond motifs is 1. The molecule has 0 aliphatic heterocycles. The maximum Gasteiger partial charge on any atom is 0.141 e. The molecule has 0 bridgehead atoms. The number of pyridine rings is 2. The second-order valence-electron chi connectivity index (χ2n) is 13.3. The molecule has 0 fully saturated rings. The lowest BCUT2D eigenvalue weighted by Gasteiger charge is -2.29. The van der Waals surface area contributed by atoms with Crippen molar-refractivity contribution >= 4 is 5.65 Å². The monoisotopic (exact) mass is 583 g/mol. The fourth-order valence-electron chi connectivity index (χ4n) is 6.03. The van der Waals surface area contributed by atoms with Crippen molar-refractivity contribution in [1.29, 1.82) is 0 Å². The Kier molecular flexibility index (Phi) is 7.19. The Balaban J connectivity index is 1.41. The number of benzene rings is 2. The van der Waals surface area contributed by atoms with E-state index in [-0.39, 0.29) is 5.41 Å². The molecule has 0 aliphatic carbocycles. The maximum atomic E-state index is 6.59. The fraction of sp³-hybridized carbons (Fsp3) is 0.289. The summed E-state index contributed by atoms with van der Waals surface area (Å²) in [4.78, 5) is 9.76. The van der Waals surface area contributed by atoms with Gasteiger partial charge in [0, 0.05) is 52.5 Å². The Labute approximate surface area is 260 Å². The number of hydrogen-bond acceptors (Lipinski definition) is 4. The third kappa shape index (κ3) is 5.19. The highest BCUT2D eigenvalue weighted by molar-refractivity contribution is 5.69. The molecule has 0 saturated carbocycles. The van der Waals surface area contributed by atoms with Crippen LogP contribution in [0.1, 0.15) is 74.3 Å². The number of nitrogens with zero attached hydrogens (tertiary/aromatic N) is 5. The molecule has 0 amide bonds. The van der Waals surface area contributed by atoms with E-state index in [1.54, 1.807) is 0 Å². The Morgan fingerprint density at radius 3 is 2.18 bits per heavy atom. The highest BCUT2D eigenvalue weighted by Crippen LogP contribution is 2.37. The van der Waals surface area contributed by atoms with Gasteiger partial charge in [-0.15, -0.1) is 0 Å². The molecule has 4 heterocycles. The van der Waals surface area contributed by atoms with E-state index >= 15 is 0 Å². The Bertz CT molecular complexity index is 1990. The first-order chi connectivity index (χ1) is 20.8. The van der Waals surface area contributed by atoms with E-state index in [1.807, 2.05) is 41.2 Å². The number of ether oxygens (including phenoxy) is 1. The predicted molar refractivity (Wildman–Crippen MR) is 178 cm³/mol. The van der Waals surface area contributed by atoms with Crippen molar-refractivity contribution in [2.75, 3.05) is 0 Å². The largest absolute Gasteiger partial charge is 0.457 e. The third-order valence-corrected chi connectivity index (χ3v) is 8.72. The van der Waals surface area contributed by atoms with Gasteiger partial charge in [0.05, 0.1) is 22.8 Å². The molecular formula is C38H41N5O. The highest BCUT2D eigenvalue weighted by Gasteiger charge is 2.31. The number of rotatable bonds is 6. The molecule has 2 aromatic carbocycles. The molecule has 44 heavy (non-hydrogen) atoms. The van der Waals surface area contributed by atoms with Gasteiger partial charge in [0.2, 0.25) is 0 Å². The molecular weight excluding hydrogens is 542 g/mol. The molecule has 6 rings (SSSR count). The van der Waals surface area contributed by atoms with Crippen LogP contribution in [-0.2, 0) is 10.8 Å². The molecule has 0 radical (unpaired) electrons. The van der Waals surface area contributed by atoms with Gasteiger partial charge in [-0.05, 0) is 82.3 Å². The van der Waals surface area contributed by atoms with Crippen LogP contribution in [0.5, 0.6) is 11.5 Å². The SMILES string of the molecule is Cc1nn(-c2cccc(Oc3cc(C(C)(C)c4cc(C(C)(C)C)ccn4)n4c(C)c(C)nc4c3)c2)c(C)c1-c1ccccc1. The first kappa shape index (κ1) is 29.4. The Morgan fingerprint density at radius 1 is 0.705 bits per heavy atom. The van der Waals surface area contributed by atoms with Crippen molar-refractivity contribution in [3.63, 3.8) is 0 Å². The molecule has 0 aliphatic rings. The van der Waals surface area contributed by atoms with Gasteiger partial charge in [0.25, 0.3) is 0 Å². The lowest BCUT2D eigenvalue weighted by molar-refractivity contribution is 0.476. The van der Waals surface area contributed by atoms with Crippen molar-refractivity contribution in [2.24, 2.45) is 0 Å². The molecule has 0 atom stereocenters. The minimum atomic E-state index is -0.420. The fourth-order valence-corrected chi connectivity index (χ4v) is 6.03. The van der Waals surface area contributed by atoms with E-state index in [9.17, 15) is 0 Å². The summed E-state index contributed by atoms with van der Waals surface area (Å²) in [6.45, 7) is 19.5. The van der Waals surface area contributed by atoms with Crippen LogP contribution < -0.4 is 4.74 Å². The van der Waals surface area contributed by atoms with E-state index in [0.29, 0.717) is 0 Å². The van der Waals surface area contributed by atoms with Crippen molar-refractivity contribution in [3.8, 4) is 28.3 Å². The lowest BCUT2D eigenvalue weighted by atomic mass is 9.80. The number of imidazole rings is 1. The van der Waals surface area contributed by atoms with Gasteiger partial charge < -0.3 is 4.74 Å². The van der Waals surface area contributed by atoms with Crippen LogP contribution in [0.3, 0.4) is 0 Å². The summed E-state index contributed by atoms with van der Waals surface area (Å²) >= 11 is 0. The topological polar surface area (TPSA) is 57.2 Å². The van der Waals surface area contributed by atoms with E-state index < -0.39 is 5.41 Å². The third-order valence-electron chi connectivity index (χ3n) is 8.72. The maximum absolute atomic E-state index is 6.59. The molecule has 6 nitrogen and oxygen atoms in total. The zero-order chi connectivity index (χ0) is 31.4. The molecule has 6 heteroatoms. The first-order valence-electron chi connectivity index (χ1n) is 15.2. The van der Waals surface area contributed by atoms with Gasteiger partial charge >= 0.3 is 0 Å². The minimum absolute atomic E-state index is 0.0217. The number of hydrogen-bond donors (Lipinski definition) is 0. The molecule has 0 spiro atoms. The molecule has 0 saturated heterocycles. The summed E-state index contributed by atoms with van der Waals surface area (Å²) in [5, 5.41) is 4.90. The molecule has 0 N–H and O–H groups in total.